The topological polar surface area (TPSA) is 103 Å². The molecule has 2 heterocycles. The molecule has 5 rings (SSSR count). The van der Waals surface area contributed by atoms with E-state index in [9.17, 15) is 18.8 Å². The fraction of sp³-hybridized carbons (Fsp3) is 0.467. The molecule has 8 nitrogen and oxygen atoms in total. The molecule has 0 radical (unpaired) electrons. The number of nitrogens with zero attached hydrogens (tertiary/aromatic N) is 3. The Hall–Kier alpha value is -3.77. The van der Waals surface area contributed by atoms with Crippen molar-refractivity contribution in [2.75, 3.05) is 13.1 Å². The van der Waals surface area contributed by atoms with Crippen LogP contribution in [0.15, 0.2) is 36.4 Å². The van der Waals surface area contributed by atoms with E-state index in [1.807, 2.05) is 37.3 Å². The number of hydrogen-bond acceptors (Lipinski definition) is 6. The Balaban J connectivity index is 1.20. The number of carbonyl (C=O) groups is 3. The van der Waals surface area contributed by atoms with Crippen LogP contribution in [-0.4, -0.2) is 59.3 Å². The summed E-state index contributed by atoms with van der Waals surface area (Å²) in [6.07, 6.45) is 5.32. The smallest absolute Gasteiger partial charge is 0.254 e. The zero-order valence-corrected chi connectivity index (χ0v) is 22.1. The maximum atomic E-state index is 14.1. The summed E-state index contributed by atoms with van der Waals surface area (Å²) in [5.41, 5.74) is 2.58. The predicted octanol–water partition coefficient (Wildman–Crippen LogP) is 3.88. The van der Waals surface area contributed by atoms with Gasteiger partial charge in [0, 0.05) is 49.6 Å². The minimum Gasteiger partial charge on any atom is -0.489 e. The number of carbonyl (C=O) groups excluding carboxylic acids is 3. The molecule has 2 fully saturated rings. The first-order valence-corrected chi connectivity index (χ1v) is 13.6. The van der Waals surface area contributed by atoms with Gasteiger partial charge in [-0.3, -0.25) is 24.6 Å². The van der Waals surface area contributed by atoms with E-state index in [0.717, 1.165) is 55.6 Å². The highest BCUT2D eigenvalue weighted by atomic mass is 19.1. The maximum Gasteiger partial charge on any atom is 0.254 e. The van der Waals surface area contributed by atoms with E-state index in [1.165, 1.54) is 6.07 Å². The highest BCUT2D eigenvalue weighted by molar-refractivity contribution is 5.98. The molecule has 3 amide bonds. The number of hydrogen-bond donors (Lipinski definition) is 1. The molecule has 1 N–H and O–H groups in total. The van der Waals surface area contributed by atoms with Gasteiger partial charge in [0.25, 0.3) is 5.91 Å². The molecule has 2 aromatic carbocycles. The van der Waals surface area contributed by atoms with Crippen molar-refractivity contribution >= 4 is 18.2 Å². The minimum atomic E-state index is -0.459. The molecule has 1 aliphatic carbocycles. The lowest BCUT2D eigenvalue weighted by atomic mass is 9.84. The molecule has 3 aliphatic rings. The lowest BCUT2D eigenvalue weighted by Crippen LogP contribution is -2.57. The van der Waals surface area contributed by atoms with Crippen LogP contribution in [0.4, 0.5) is 4.39 Å². The Bertz CT molecular complexity index is 1300. The van der Waals surface area contributed by atoms with Crippen molar-refractivity contribution in [3.05, 3.63) is 64.5 Å². The number of rotatable bonds is 9. The summed E-state index contributed by atoms with van der Waals surface area (Å²) in [6.45, 7) is 4.05. The molecule has 9 heteroatoms. The van der Waals surface area contributed by atoms with Gasteiger partial charge < -0.3 is 9.64 Å². The highest BCUT2D eigenvalue weighted by Crippen LogP contribution is 2.37. The van der Waals surface area contributed by atoms with Crippen LogP contribution in [0, 0.1) is 17.1 Å². The molecule has 3 atom stereocenters. The summed E-state index contributed by atoms with van der Waals surface area (Å²) in [4.78, 5) is 39.2. The van der Waals surface area contributed by atoms with Gasteiger partial charge in [0.05, 0.1) is 5.56 Å². The molecule has 3 unspecified atom stereocenters. The second-order valence-corrected chi connectivity index (χ2v) is 10.8. The van der Waals surface area contributed by atoms with Crippen LogP contribution in [0.25, 0.3) is 0 Å². The van der Waals surface area contributed by atoms with Crippen molar-refractivity contribution in [3.8, 4) is 11.8 Å². The van der Waals surface area contributed by atoms with E-state index in [2.05, 4.69) is 10.2 Å². The highest BCUT2D eigenvalue weighted by Gasteiger charge is 2.39. The Kier molecular flexibility index (Phi) is 7.94. The van der Waals surface area contributed by atoms with Crippen LogP contribution in [0.2, 0.25) is 0 Å². The Morgan fingerprint density at radius 2 is 2.03 bits per heavy atom. The van der Waals surface area contributed by atoms with E-state index in [0.29, 0.717) is 24.9 Å². The quantitative estimate of drug-likeness (QED) is 0.492. The SMILES string of the molecule is CC(CCC(=O)NC=O)N1Cc2cc(OC3CCCCC3N3CC(c4ccc(C#N)c(F)c4)C3)ccc2C1=O. The van der Waals surface area contributed by atoms with Crippen LogP contribution in [-0.2, 0) is 16.1 Å². The number of likely N-dealkylation sites (tertiary alicyclic amines) is 1. The van der Waals surface area contributed by atoms with E-state index in [-0.39, 0.29) is 47.9 Å². The molecule has 0 spiro atoms. The molecule has 2 aliphatic heterocycles. The third kappa shape index (κ3) is 5.66. The Labute approximate surface area is 227 Å². The van der Waals surface area contributed by atoms with Gasteiger partial charge in [-0.25, -0.2) is 4.39 Å². The molecule has 1 saturated carbocycles. The first-order valence-electron chi connectivity index (χ1n) is 13.6. The van der Waals surface area contributed by atoms with E-state index in [1.54, 1.807) is 11.0 Å². The standard InChI is InChI=1S/C30H33FN4O4/c1-19(6-11-29(37)33-18-36)35-17-22-12-24(9-10-25(22)30(35)38)39-28-5-3-2-4-27(28)34-15-23(16-34)20-7-8-21(14-32)26(31)13-20/h7-10,12-13,18-19,23,27-28H,2-6,11,15-17H2,1H3,(H,33,36,37). The summed E-state index contributed by atoms with van der Waals surface area (Å²) in [5, 5.41) is 11.1. The van der Waals surface area contributed by atoms with Crippen molar-refractivity contribution in [1.82, 2.24) is 15.1 Å². The third-order valence-electron chi connectivity index (χ3n) is 8.37. The summed E-state index contributed by atoms with van der Waals surface area (Å²) in [5.74, 6) is 0.138. The van der Waals surface area contributed by atoms with Gasteiger partial charge in [-0.2, -0.15) is 5.26 Å². The Morgan fingerprint density at radius 1 is 1.23 bits per heavy atom. The molecule has 204 valence electrons. The second-order valence-electron chi connectivity index (χ2n) is 10.8. The van der Waals surface area contributed by atoms with Crippen molar-refractivity contribution in [3.63, 3.8) is 0 Å². The van der Waals surface area contributed by atoms with Gasteiger partial charge in [0.1, 0.15) is 23.7 Å². The molecule has 0 aromatic heterocycles. The van der Waals surface area contributed by atoms with Gasteiger partial charge in [0.2, 0.25) is 12.3 Å². The van der Waals surface area contributed by atoms with Crippen LogP contribution in [0.5, 0.6) is 5.75 Å². The zero-order valence-electron chi connectivity index (χ0n) is 22.1. The fourth-order valence-electron chi connectivity index (χ4n) is 6.06. The number of benzene rings is 2. The second kappa shape index (κ2) is 11.5. The number of ether oxygens (including phenoxy) is 1. The number of nitrogens with one attached hydrogen (secondary N) is 1. The summed E-state index contributed by atoms with van der Waals surface area (Å²) in [6, 6.07) is 12.6. The first kappa shape index (κ1) is 26.8. The average molecular weight is 533 g/mol. The molecule has 0 bridgehead atoms. The fourth-order valence-corrected chi connectivity index (χ4v) is 6.06. The first-order chi connectivity index (χ1) is 18.9. The Morgan fingerprint density at radius 3 is 2.77 bits per heavy atom. The number of fused-ring (bicyclic) bond motifs is 1. The van der Waals surface area contributed by atoms with E-state index in [4.69, 9.17) is 10.00 Å². The van der Waals surface area contributed by atoms with Crippen molar-refractivity contribution in [2.24, 2.45) is 0 Å². The van der Waals surface area contributed by atoms with Gasteiger partial charge >= 0.3 is 0 Å². The largest absolute Gasteiger partial charge is 0.489 e. The van der Waals surface area contributed by atoms with Gasteiger partial charge in [0.15, 0.2) is 0 Å². The molecule has 1 saturated heterocycles. The van der Waals surface area contributed by atoms with E-state index < -0.39 is 5.82 Å². The minimum absolute atomic E-state index is 0.0407. The molecule has 2 aromatic rings. The van der Waals surface area contributed by atoms with Gasteiger partial charge in [-0.1, -0.05) is 12.5 Å². The summed E-state index contributed by atoms with van der Waals surface area (Å²) >= 11 is 0. The van der Waals surface area contributed by atoms with E-state index >= 15 is 0 Å². The molecule has 39 heavy (non-hydrogen) atoms. The monoisotopic (exact) mass is 532 g/mol. The van der Waals surface area contributed by atoms with Crippen LogP contribution in [0.3, 0.4) is 0 Å². The van der Waals surface area contributed by atoms with Crippen molar-refractivity contribution < 1.29 is 23.5 Å². The zero-order chi connectivity index (χ0) is 27.5. The lowest BCUT2D eigenvalue weighted by molar-refractivity contribution is -0.125. The number of imide groups is 1. The maximum absolute atomic E-state index is 14.1. The predicted molar refractivity (Wildman–Crippen MR) is 141 cm³/mol. The number of halogens is 1. The molecular weight excluding hydrogens is 499 g/mol. The average Bonchev–Trinajstić information content (AvgIpc) is 3.23. The van der Waals surface area contributed by atoms with Crippen molar-refractivity contribution in [2.45, 2.75) is 76.1 Å². The van der Waals surface area contributed by atoms with Crippen LogP contribution in [0.1, 0.15) is 78.4 Å². The van der Waals surface area contributed by atoms with Crippen LogP contribution < -0.4 is 10.1 Å². The number of amides is 3. The van der Waals surface area contributed by atoms with Gasteiger partial charge in [-0.15, -0.1) is 0 Å². The summed E-state index contributed by atoms with van der Waals surface area (Å²) < 4.78 is 20.6. The molecular formula is C30H33FN4O4. The number of nitriles is 1. The van der Waals surface area contributed by atoms with Crippen LogP contribution >= 0.6 is 0 Å². The summed E-state index contributed by atoms with van der Waals surface area (Å²) in [7, 11) is 0. The van der Waals surface area contributed by atoms with Crippen molar-refractivity contribution in [1.29, 1.82) is 5.26 Å². The van der Waals surface area contributed by atoms with Gasteiger partial charge in [-0.05, 0) is 74.1 Å². The normalized spacial score (nSPS) is 22.0. The third-order valence-corrected chi connectivity index (χ3v) is 8.37. The lowest BCUT2D eigenvalue weighted by Gasteiger charge is -2.48.